The van der Waals surface area contributed by atoms with Crippen molar-refractivity contribution in [3.8, 4) is 11.4 Å². The lowest BCUT2D eigenvalue weighted by atomic mass is 10.2. The maximum atomic E-state index is 12.5. The van der Waals surface area contributed by atoms with E-state index in [9.17, 15) is 4.79 Å². The smallest absolute Gasteiger partial charge is 0.229 e. The first-order valence-electron chi connectivity index (χ1n) is 10.6. The van der Waals surface area contributed by atoms with E-state index < -0.39 is 0 Å². The Hall–Kier alpha value is -2.87. The van der Waals surface area contributed by atoms with Gasteiger partial charge in [0.2, 0.25) is 17.6 Å². The van der Waals surface area contributed by atoms with Gasteiger partial charge in [-0.15, -0.1) is 11.8 Å². The molecule has 2 aromatic heterocycles. The molecule has 0 unspecified atom stereocenters. The fraction of sp³-hybridized carbons (Fsp3) is 0.391. The van der Waals surface area contributed by atoms with Gasteiger partial charge in [0.25, 0.3) is 0 Å². The van der Waals surface area contributed by atoms with Crippen molar-refractivity contribution < 1.29 is 9.32 Å². The zero-order chi connectivity index (χ0) is 21.6. The van der Waals surface area contributed by atoms with Crippen LogP contribution in [-0.4, -0.2) is 57.9 Å². The van der Waals surface area contributed by atoms with Gasteiger partial charge in [0, 0.05) is 60.9 Å². The van der Waals surface area contributed by atoms with E-state index in [4.69, 9.17) is 4.52 Å². The second-order valence-corrected chi connectivity index (χ2v) is 8.96. The topological polar surface area (TPSA) is 75.4 Å². The third-order valence-corrected chi connectivity index (χ3v) is 6.24. The number of benzene rings is 1. The predicted octanol–water partition coefficient (Wildman–Crippen LogP) is 4.09. The number of carbonyl (C=O) groups excluding carboxylic acids is 1. The van der Waals surface area contributed by atoms with Crippen LogP contribution >= 0.6 is 11.8 Å². The Bertz CT molecular complexity index is 983. The Kier molecular flexibility index (Phi) is 6.86. The van der Waals surface area contributed by atoms with Crippen LogP contribution in [0.15, 0.2) is 58.1 Å². The number of amides is 1. The van der Waals surface area contributed by atoms with Crippen LogP contribution in [0.5, 0.6) is 0 Å². The Labute approximate surface area is 186 Å². The van der Waals surface area contributed by atoms with Gasteiger partial charge in [0.1, 0.15) is 5.82 Å². The molecule has 0 saturated carbocycles. The van der Waals surface area contributed by atoms with Crippen molar-refractivity contribution >= 4 is 23.5 Å². The number of hydrogen-bond acceptors (Lipinski definition) is 7. The second kappa shape index (κ2) is 9.96. The van der Waals surface area contributed by atoms with Crippen LogP contribution in [0.4, 0.5) is 5.82 Å². The van der Waals surface area contributed by atoms with E-state index in [0.717, 1.165) is 43.3 Å². The Balaban J connectivity index is 1.25. The van der Waals surface area contributed by atoms with Crippen molar-refractivity contribution in [2.24, 2.45) is 0 Å². The quantitative estimate of drug-likeness (QED) is 0.515. The summed E-state index contributed by atoms with van der Waals surface area (Å²) in [5.74, 6) is 3.33. The van der Waals surface area contributed by atoms with Crippen molar-refractivity contribution in [2.75, 3.05) is 36.8 Å². The minimum absolute atomic E-state index is 0.199. The minimum Gasteiger partial charge on any atom is -0.353 e. The summed E-state index contributed by atoms with van der Waals surface area (Å²) in [5, 5.41) is 4.04. The van der Waals surface area contributed by atoms with Crippen LogP contribution in [-0.2, 0) is 4.79 Å². The number of aromatic nitrogens is 3. The molecule has 0 radical (unpaired) electrons. The molecule has 0 aliphatic carbocycles. The number of carbonyl (C=O) groups is 1. The number of anilines is 1. The first-order chi connectivity index (χ1) is 15.1. The molecule has 0 spiro atoms. The molecule has 0 N–H and O–H groups in total. The normalized spacial score (nSPS) is 14.3. The summed E-state index contributed by atoms with van der Waals surface area (Å²) < 4.78 is 5.28. The van der Waals surface area contributed by atoms with Crippen LogP contribution in [0, 0.1) is 0 Å². The molecular weight excluding hydrogens is 410 g/mol. The maximum Gasteiger partial charge on any atom is 0.229 e. The lowest BCUT2D eigenvalue weighted by Crippen LogP contribution is -2.49. The molecule has 1 aliphatic heterocycles. The van der Waals surface area contributed by atoms with Crippen LogP contribution in [0.3, 0.4) is 0 Å². The number of nitrogens with zero attached hydrogens (tertiary/aromatic N) is 5. The van der Waals surface area contributed by atoms with Gasteiger partial charge in [-0.2, -0.15) is 4.98 Å². The standard InChI is InChI=1S/C23H27N5O2S/c1-17(2)23-25-22(26-30-23)18-8-9-20(24-16-18)27-11-13-28(14-12-27)21(29)10-15-31-19-6-4-3-5-7-19/h3-9,16-17H,10-15H2,1-2H3. The third kappa shape index (κ3) is 5.44. The van der Waals surface area contributed by atoms with Gasteiger partial charge in [-0.25, -0.2) is 4.98 Å². The fourth-order valence-corrected chi connectivity index (χ4v) is 4.27. The summed E-state index contributed by atoms with van der Waals surface area (Å²) in [6.07, 6.45) is 2.35. The number of rotatable bonds is 7. The maximum absolute atomic E-state index is 12.5. The summed E-state index contributed by atoms with van der Waals surface area (Å²) in [7, 11) is 0. The van der Waals surface area contributed by atoms with E-state index in [2.05, 4.69) is 32.2 Å². The molecule has 0 bridgehead atoms. The second-order valence-electron chi connectivity index (χ2n) is 7.80. The van der Waals surface area contributed by atoms with Gasteiger partial charge in [0.05, 0.1) is 0 Å². The summed E-state index contributed by atoms with van der Waals surface area (Å²) in [5.41, 5.74) is 0.837. The molecule has 3 heterocycles. The molecule has 4 rings (SSSR count). The molecule has 7 nitrogen and oxygen atoms in total. The molecule has 3 aromatic rings. The molecule has 162 valence electrons. The molecule has 1 aliphatic rings. The number of pyridine rings is 1. The van der Waals surface area contributed by atoms with Gasteiger partial charge < -0.3 is 14.3 Å². The largest absolute Gasteiger partial charge is 0.353 e. The Morgan fingerprint density at radius 2 is 1.87 bits per heavy atom. The van der Waals surface area contributed by atoms with Gasteiger partial charge >= 0.3 is 0 Å². The number of piperazine rings is 1. The van der Waals surface area contributed by atoms with Gasteiger partial charge in [-0.1, -0.05) is 37.2 Å². The van der Waals surface area contributed by atoms with Crippen molar-refractivity contribution in [1.29, 1.82) is 0 Å². The van der Waals surface area contributed by atoms with Gasteiger partial charge in [-0.3, -0.25) is 4.79 Å². The monoisotopic (exact) mass is 437 g/mol. The van der Waals surface area contributed by atoms with E-state index in [-0.39, 0.29) is 11.8 Å². The van der Waals surface area contributed by atoms with Crippen LogP contribution in [0.2, 0.25) is 0 Å². The lowest BCUT2D eigenvalue weighted by Gasteiger charge is -2.35. The molecule has 1 aromatic carbocycles. The zero-order valence-corrected chi connectivity index (χ0v) is 18.7. The van der Waals surface area contributed by atoms with Crippen LogP contribution in [0.25, 0.3) is 11.4 Å². The predicted molar refractivity (Wildman–Crippen MR) is 122 cm³/mol. The molecule has 1 saturated heterocycles. The molecule has 8 heteroatoms. The first kappa shape index (κ1) is 21.4. The third-order valence-electron chi connectivity index (χ3n) is 5.23. The summed E-state index contributed by atoms with van der Waals surface area (Å²) in [4.78, 5) is 26.9. The SMILES string of the molecule is CC(C)c1nc(-c2ccc(N3CCN(C(=O)CCSc4ccccc4)CC3)nc2)no1. The zero-order valence-electron chi connectivity index (χ0n) is 17.9. The molecular formula is C23H27N5O2S. The fourth-order valence-electron chi connectivity index (χ4n) is 3.41. The molecule has 1 amide bonds. The lowest BCUT2D eigenvalue weighted by molar-refractivity contribution is -0.131. The molecule has 0 atom stereocenters. The van der Waals surface area contributed by atoms with Crippen molar-refractivity contribution in [3.63, 3.8) is 0 Å². The summed E-state index contributed by atoms with van der Waals surface area (Å²) >= 11 is 1.73. The highest BCUT2D eigenvalue weighted by atomic mass is 32.2. The highest BCUT2D eigenvalue weighted by Crippen LogP contribution is 2.22. The first-order valence-corrected chi connectivity index (χ1v) is 11.6. The highest BCUT2D eigenvalue weighted by Gasteiger charge is 2.22. The van der Waals surface area contributed by atoms with E-state index in [1.165, 1.54) is 4.90 Å². The van der Waals surface area contributed by atoms with E-state index in [0.29, 0.717) is 18.1 Å². The van der Waals surface area contributed by atoms with Crippen molar-refractivity contribution in [3.05, 3.63) is 54.6 Å². The van der Waals surface area contributed by atoms with Crippen LogP contribution < -0.4 is 4.90 Å². The molecule has 31 heavy (non-hydrogen) atoms. The number of thioether (sulfide) groups is 1. The van der Waals surface area contributed by atoms with E-state index >= 15 is 0 Å². The van der Waals surface area contributed by atoms with E-state index in [1.54, 1.807) is 18.0 Å². The van der Waals surface area contributed by atoms with Crippen molar-refractivity contribution in [1.82, 2.24) is 20.0 Å². The Morgan fingerprint density at radius 3 is 2.52 bits per heavy atom. The van der Waals surface area contributed by atoms with Crippen molar-refractivity contribution in [2.45, 2.75) is 31.1 Å². The highest BCUT2D eigenvalue weighted by molar-refractivity contribution is 7.99. The minimum atomic E-state index is 0.199. The summed E-state index contributed by atoms with van der Waals surface area (Å²) in [6.45, 7) is 7.05. The van der Waals surface area contributed by atoms with Gasteiger partial charge in [0.15, 0.2) is 0 Å². The van der Waals surface area contributed by atoms with E-state index in [1.807, 2.05) is 49.1 Å². The number of hydrogen-bond donors (Lipinski definition) is 0. The summed E-state index contributed by atoms with van der Waals surface area (Å²) in [6, 6.07) is 14.2. The Morgan fingerprint density at radius 1 is 1.10 bits per heavy atom. The average molecular weight is 438 g/mol. The van der Waals surface area contributed by atoms with Gasteiger partial charge in [-0.05, 0) is 24.3 Å². The molecule has 1 fully saturated rings. The average Bonchev–Trinajstić information content (AvgIpc) is 3.31. The van der Waals surface area contributed by atoms with Crippen LogP contribution in [0.1, 0.15) is 32.1 Å².